The number of aryl methyl sites for hydroxylation is 1. The SMILES string of the molecule is Cc1cc(Nc2nc(Sc3ccc(NC(=O)CN4CC[C@@H](C(=O)NC(C)(C)C)C4)cc3)nn3cccc23)n[nH]1. The predicted molar refractivity (Wildman–Crippen MR) is 151 cm³/mol. The molecule has 4 heterocycles. The second kappa shape index (κ2) is 11.1. The number of likely N-dealkylation sites (tertiary alicyclic amines) is 1. The van der Waals surface area contributed by atoms with Crippen molar-refractivity contribution < 1.29 is 9.59 Å². The molecule has 204 valence electrons. The molecule has 1 aliphatic heterocycles. The molecule has 1 aliphatic rings. The van der Waals surface area contributed by atoms with E-state index in [9.17, 15) is 9.59 Å². The smallest absolute Gasteiger partial charge is 0.238 e. The van der Waals surface area contributed by atoms with E-state index < -0.39 is 0 Å². The van der Waals surface area contributed by atoms with E-state index in [2.05, 4.69) is 31.2 Å². The quantitative estimate of drug-likeness (QED) is 0.262. The number of hydrogen-bond donors (Lipinski definition) is 4. The maximum Gasteiger partial charge on any atom is 0.238 e. The first-order chi connectivity index (χ1) is 18.6. The topological polar surface area (TPSA) is 132 Å². The number of nitrogens with one attached hydrogen (secondary N) is 4. The average Bonchev–Trinajstić information content (AvgIpc) is 3.61. The van der Waals surface area contributed by atoms with Gasteiger partial charge in [0, 0.05) is 40.6 Å². The van der Waals surface area contributed by atoms with Crippen LogP contribution in [0.4, 0.5) is 17.3 Å². The van der Waals surface area contributed by atoms with E-state index in [0.29, 0.717) is 29.0 Å². The van der Waals surface area contributed by atoms with E-state index in [1.54, 1.807) is 4.52 Å². The van der Waals surface area contributed by atoms with Gasteiger partial charge in [-0.15, -0.1) is 5.10 Å². The van der Waals surface area contributed by atoms with E-state index in [-0.39, 0.29) is 29.8 Å². The van der Waals surface area contributed by atoms with Crippen molar-refractivity contribution >= 4 is 46.4 Å². The monoisotopic (exact) mass is 547 g/mol. The third-order valence-electron chi connectivity index (χ3n) is 6.18. The third kappa shape index (κ3) is 6.95. The van der Waals surface area contributed by atoms with Crippen LogP contribution >= 0.6 is 11.8 Å². The highest BCUT2D eigenvalue weighted by molar-refractivity contribution is 7.99. The van der Waals surface area contributed by atoms with Crippen molar-refractivity contribution in [2.75, 3.05) is 30.3 Å². The van der Waals surface area contributed by atoms with Crippen LogP contribution < -0.4 is 16.0 Å². The van der Waals surface area contributed by atoms with Gasteiger partial charge in [0.25, 0.3) is 0 Å². The van der Waals surface area contributed by atoms with Gasteiger partial charge in [-0.2, -0.15) is 5.10 Å². The molecule has 4 N–H and O–H groups in total. The summed E-state index contributed by atoms with van der Waals surface area (Å²) in [6.07, 6.45) is 2.64. The molecule has 1 atom stereocenters. The fourth-order valence-corrected chi connectivity index (χ4v) is 5.18. The molecule has 0 radical (unpaired) electrons. The van der Waals surface area contributed by atoms with Crippen molar-refractivity contribution in [3.8, 4) is 0 Å². The molecule has 12 heteroatoms. The number of hydrogen-bond acceptors (Lipinski definition) is 8. The normalized spacial score (nSPS) is 15.9. The van der Waals surface area contributed by atoms with Crippen LogP contribution in [0.3, 0.4) is 0 Å². The number of nitrogens with zero attached hydrogens (tertiary/aromatic N) is 5. The molecule has 1 aromatic carbocycles. The van der Waals surface area contributed by atoms with Crippen LogP contribution in [0.25, 0.3) is 5.52 Å². The van der Waals surface area contributed by atoms with Gasteiger partial charge in [0.1, 0.15) is 5.52 Å². The first-order valence-electron chi connectivity index (χ1n) is 12.9. The molecule has 0 saturated carbocycles. The summed E-state index contributed by atoms with van der Waals surface area (Å²) in [4.78, 5) is 32.7. The van der Waals surface area contributed by atoms with Gasteiger partial charge in [-0.25, -0.2) is 9.50 Å². The Hall–Kier alpha value is -3.90. The summed E-state index contributed by atoms with van der Waals surface area (Å²) in [5.74, 6) is 1.21. The zero-order chi connectivity index (χ0) is 27.6. The van der Waals surface area contributed by atoms with Crippen molar-refractivity contribution in [3.63, 3.8) is 0 Å². The summed E-state index contributed by atoms with van der Waals surface area (Å²) in [6.45, 7) is 9.43. The highest BCUT2D eigenvalue weighted by Gasteiger charge is 2.31. The van der Waals surface area contributed by atoms with Gasteiger partial charge in [-0.1, -0.05) is 0 Å². The first kappa shape index (κ1) is 26.7. The van der Waals surface area contributed by atoms with Gasteiger partial charge >= 0.3 is 0 Å². The molecule has 3 aromatic heterocycles. The van der Waals surface area contributed by atoms with Crippen molar-refractivity contribution in [1.82, 2.24) is 35.0 Å². The maximum atomic E-state index is 12.6. The van der Waals surface area contributed by atoms with E-state index in [1.807, 2.05) is 81.3 Å². The fraction of sp³-hybridized carbons (Fsp3) is 0.370. The number of amides is 2. The van der Waals surface area contributed by atoms with Crippen molar-refractivity contribution in [2.45, 2.75) is 49.7 Å². The van der Waals surface area contributed by atoms with Crippen molar-refractivity contribution in [3.05, 3.63) is 54.4 Å². The summed E-state index contributed by atoms with van der Waals surface area (Å²) < 4.78 is 1.78. The maximum absolute atomic E-state index is 12.6. The van der Waals surface area contributed by atoms with Gasteiger partial charge in [0.15, 0.2) is 11.6 Å². The largest absolute Gasteiger partial charge is 0.351 e. The van der Waals surface area contributed by atoms with Crippen LogP contribution in [0, 0.1) is 12.8 Å². The summed E-state index contributed by atoms with van der Waals surface area (Å²) in [5.41, 5.74) is 2.25. The van der Waals surface area contributed by atoms with Crippen LogP contribution in [0.2, 0.25) is 0 Å². The highest BCUT2D eigenvalue weighted by Crippen LogP contribution is 2.29. The summed E-state index contributed by atoms with van der Waals surface area (Å²) in [6, 6.07) is 13.4. The van der Waals surface area contributed by atoms with Crippen LogP contribution in [-0.2, 0) is 9.59 Å². The minimum atomic E-state index is -0.258. The standard InChI is InChI=1S/C27H33N9O2S/c1-17-14-22(33-32-17)29-24-21-6-5-12-36(21)34-26(30-24)39-20-9-7-19(8-10-20)28-23(37)16-35-13-11-18(15-35)25(38)31-27(2,3)4/h5-10,12,14,18H,11,13,15-16H2,1-4H3,(H,28,37)(H,31,38)(H2,29,30,32,33,34)/t18-/m1/s1. The lowest BCUT2D eigenvalue weighted by atomic mass is 10.0. The van der Waals surface area contributed by atoms with Crippen molar-refractivity contribution in [1.29, 1.82) is 0 Å². The van der Waals surface area contributed by atoms with Gasteiger partial charge in [0.2, 0.25) is 17.0 Å². The molecular weight excluding hydrogens is 514 g/mol. The van der Waals surface area contributed by atoms with Crippen LogP contribution in [0.15, 0.2) is 58.7 Å². The van der Waals surface area contributed by atoms with Gasteiger partial charge in [-0.05, 0) is 88.8 Å². The van der Waals surface area contributed by atoms with Crippen LogP contribution in [0.1, 0.15) is 32.9 Å². The van der Waals surface area contributed by atoms with Gasteiger partial charge in [-0.3, -0.25) is 19.6 Å². The Labute approximate surface area is 231 Å². The molecule has 39 heavy (non-hydrogen) atoms. The molecule has 5 rings (SSSR count). The number of carbonyl (C=O) groups excluding carboxylic acids is 2. The highest BCUT2D eigenvalue weighted by atomic mass is 32.2. The molecule has 0 bridgehead atoms. The Morgan fingerprint density at radius 3 is 2.69 bits per heavy atom. The number of rotatable bonds is 8. The van der Waals surface area contributed by atoms with E-state index in [1.165, 1.54) is 11.8 Å². The average molecular weight is 548 g/mol. The Bertz CT molecular complexity index is 1470. The molecule has 4 aromatic rings. The van der Waals surface area contributed by atoms with Gasteiger partial charge in [0.05, 0.1) is 12.5 Å². The number of aromatic nitrogens is 5. The molecule has 1 fully saturated rings. The molecular formula is C27H33N9O2S. The lowest BCUT2D eigenvalue weighted by molar-refractivity contribution is -0.126. The lowest BCUT2D eigenvalue weighted by Gasteiger charge is -2.23. The number of aromatic amines is 1. The number of anilines is 3. The third-order valence-corrected chi connectivity index (χ3v) is 7.04. The summed E-state index contributed by atoms with van der Waals surface area (Å²) in [7, 11) is 0. The second-order valence-electron chi connectivity index (χ2n) is 10.8. The first-order valence-corrected chi connectivity index (χ1v) is 13.7. The summed E-state index contributed by atoms with van der Waals surface area (Å²) in [5, 5.41) is 21.6. The number of H-pyrrole nitrogens is 1. The molecule has 1 saturated heterocycles. The van der Waals surface area contributed by atoms with Gasteiger partial charge < -0.3 is 16.0 Å². The Kier molecular flexibility index (Phi) is 7.58. The lowest BCUT2D eigenvalue weighted by Crippen LogP contribution is -2.44. The Balaban J connectivity index is 1.17. The number of carbonyl (C=O) groups is 2. The minimum Gasteiger partial charge on any atom is -0.351 e. The Morgan fingerprint density at radius 2 is 1.97 bits per heavy atom. The molecule has 11 nitrogen and oxygen atoms in total. The van der Waals surface area contributed by atoms with Crippen molar-refractivity contribution in [2.24, 2.45) is 5.92 Å². The molecule has 0 spiro atoms. The van der Waals surface area contributed by atoms with Crippen LogP contribution in [0.5, 0.6) is 0 Å². The minimum absolute atomic E-state index is 0.0533. The van der Waals surface area contributed by atoms with E-state index >= 15 is 0 Å². The zero-order valence-electron chi connectivity index (χ0n) is 22.5. The van der Waals surface area contributed by atoms with E-state index in [0.717, 1.165) is 29.1 Å². The molecule has 0 unspecified atom stereocenters. The Morgan fingerprint density at radius 1 is 1.18 bits per heavy atom. The number of fused-ring (bicyclic) bond motifs is 1. The van der Waals surface area contributed by atoms with E-state index in [4.69, 9.17) is 4.98 Å². The zero-order valence-corrected chi connectivity index (χ0v) is 23.3. The molecule has 0 aliphatic carbocycles. The number of benzene rings is 1. The second-order valence-corrected chi connectivity index (χ2v) is 11.8. The van der Waals surface area contributed by atoms with Crippen LogP contribution in [-0.4, -0.2) is 66.7 Å². The summed E-state index contributed by atoms with van der Waals surface area (Å²) >= 11 is 1.43. The molecule has 2 amide bonds. The fourth-order valence-electron chi connectivity index (χ4n) is 4.43. The predicted octanol–water partition coefficient (Wildman–Crippen LogP) is 3.83.